The minimum absolute atomic E-state index is 0.127. The van der Waals surface area contributed by atoms with Crippen LogP contribution in [-0.4, -0.2) is 43.1 Å². The first-order valence-electron chi connectivity index (χ1n) is 10.4. The van der Waals surface area contributed by atoms with E-state index in [0.717, 1.165) is 38.4 Å². The molecule has 1 unspecified atom stereocenters. The zero-order valence-electron chi connectivity index (χ0n) is 17.7. The number of amides is 1. The molecule has 1 aliphatic carbocycles. The number of hydrogen-bond acceptors (Lipinski definition) is 6. The average molecular weight is 450 g/mol. The molecule has 1 atom stereocenters. The number of sulfone groups is 1. The van der Waals surface area contributed by atoms with Crippen molar-refractivity contribution in [2.75, 3.05) is 7.11 Å². The number of hydrogen-bond donors (Lipinski definition) is 3. The minimum atomic E-state index is -3.78. The number of carbonyl (C=O) groups excluding carboxylic acids is 1. The summed E-state index contributed by atoms with van der Waals surface area (Å²) in [5.41, 5.74) is 2.54. The van der Waals surface area contributed by atoms with Crippen molar-refractivity contribution < 1.29 is 28.3 Å². The molecule has 2 aromatic rings. The summed E-state index contributed by atoms with van der Waals surface area (Å²) in [6, 6.07) is 16.0. The highest BCUT2D eigenvalue weighted by molar-refractivity contribution is 7.92. The zero-order chi connectivity index (χ0) is 22.7. The van der Waals surface area contributed by atoms with Crippen LogP contribution in [0.5, 0.6) is 5.75 Å². The van der Waals surface area contributed by atoms with Crippen LogP contribution in [0.2, 0.25) is 0 Å². The van der Waals surface area contributed by atoms with Crippen LogP contribution in [0.3, 0.4) is 0 Å². The number of carbonyl (C=O) groups is 1. The van der Waals surface area contributed by atoms with Gasteiger partial charge in [-0.3, -0.25) is 10.0 Å². The summed E-state index contributed by atoms with van der Waals surface area (Å²) >= 11 is 0. The summed E-state index contributed by atoms with van der Waals surface area (Å²) in [6.07, 6.45) is 4.82. The van der Waals surface area contributed by atoms with Crippen molar-refractivity contribution in [3.05, 3.63) is 60.2 Å². The lowest BCUT2D eigenvalue weighted by atomic mass is 10.1. The lowest BCUT2D eigenvalue weighted by Crippen LogP contribution is -2.30. The molecule has 0 radical (unpaired) electrons. The third-order valence-corrected chi connectivity index (χ3v) is 7.50. The number of aliphatic hydroxyl groups excluding tert-OH is 1. The molecule has 1 aliphatic rings. The molecule has 0 bridgehead atoms. The highest BCUT2D eigenvalue weighted by Crippen LogP contribution is 2.28. The largest absolute Gasteiger partial charge is 0.490 e. The average Bonchev–Trinajstić information content (AvgIpc) is 3.31. The van der Waals surface area contributed by atoms with E-state index < -0.39 is 21.0 Å². The fraction of sp³-hybridized carbons (Fsp3) is 0.435. The van der Waals surface area contributed by atoms with Gasteiger partial charge in [-0.25, -0.2) is 13.9 Å². The molecule has 8 heteroatoms. The highest BCUT2D eigenvalue weighted by Gasteiger charge is 2.30. The van der Waals surface area contributed by atoms with Gasteiger partial charge in [0.2, 0.25) is 5.91 Å². The van der Waals surface area contributed by atoms with Gasteiger partial charge in [0.1, 0.15) is 5.75 Å². The molecule has 7 nitrogen and oxygen atoms in total. The van der Waals surface area contributed by atoms with E-state index in [0.29, 0.717) is 12.2 Å². The number of hydroxylamine groups is 1. The lowest BCUT2D eigenvalue weighted by Gasteiger charge is -2.18. The lowest BCUT2D eigenvalue weighted by molar-refractivity contribution is -0.129. The summed E-state index contributed by atoms with van der Waals surface area (Å²) in [5.74, 6) is -0.184. The van der Waals surface area contributed by atoms with Crippen LogP contribution in [0.15, 0.2) is 59.5 Å². The van der Waals surface area contributed by atoms with Crippen LogP contribution >= 0.6 is 0 Å². The molecule has 1 saturated carbocycles. The maximum absolute atomic E-state index is 13.3. The predicted octanol–water partition coefficient (Wildman–Crippen LogP) is 3.29. The minimum Gasteiger partial charge on any atom is -0.490 e. The van der Waals surface area contributed by atoms with E-state index >= 15 is 0 Å². The number of aryl methyl sites for hydroxylation is 1. The second-order valence-electron chi connectivity index (χ2n) is 7.43. The van der Waals surface area contributed by atoms with Crippen LogP contribution in [0.25, 0.3) is 0 Å². The Hall–Kier alpha value is -2.42. The fourth-order valence-corrected chi connectivity index (χ4v) is 5.44. The second-order valence-corrected chi connectivity index (χ2v) is 9.66. The number of nitrogens with one attached hydrogen (secondary N) is 1. The van der Waals surface area contributed by atoms with E-state index in [2.05, 4.69) is 0 Å². The summed E-state index contributed by atoms with van der Waals surface area (Å²) in [7, 11) is -2.78. The van der Waals surface area contributed by atoms with E-state index in [4.69, 9.17) is 15.1 Å². The monoisotopic (exact) mass is 449 g/mol. The third kappa shape index (κ3) is 7.34. The van der Waals surface area contributed by atoms with Gasteiger partial charge in [-0.1, -0.05) is 36.4 Å². The van der Waals surface area contributed by atoms with E-state index in [1.54, 1.807) is 23.7 Å². The maximum Gasteiger partial charge on any atom is 0.244 e. The molecule has 3 rings (SSSR count). The standard InChI is InChI=1S/C22H27NO5S.CH4O/c24-22(23-25)16-21(14-13-17-7-2-1-3-8-17)29(26,27)20-12-6-11-19(15-20)28-18-9-4-5-10-18;1-2/h1-3,6-8,11-12,15,18,21,25H,4-5,9-10,13-14,16H2,(H,23,24);2H,1H3. The summed E-state index contributed by atoms with van der Waals surface area (Å²) in [6.45, 7) is 0. The van der Waals surface area contributed by atoms with E-state index in [-0.39, 0.29) is 23.8 Å². The van der Waals surface area contributed by atoms with Crippen molar-refractivity contribution in [2.24, 2.45) is 0 Å². The Morgan fingerprint density at radius 1 is 1.10 bits per heavy atom. The van der Waals surface area contributed by atoms with E-state index in [9.17, 15) is 13.2 Å². The number of aliphatic hydroxyl groups is 1. The smallest absolute Gasteiger partial charge is 0.244 e. The molecule has 1 fully saturated rings. The fourth-order valence-electron chi connectivity index (χ4n) is 3.71. The molecule has 1 amide bonds. The summed E-state index contributed by atoms with van der Waals surface area (Å²) in [5, 5.41) is 14.9. The maximum atomic E-state index is 13.3. The SMILES string of the molecule is CO.O=C(CC(CCc1ccccc1)S(=O)(=O)c1cccc(OC2CCCC2)c1)NO. The number of benzene rings is 2. The van der Waals surface area contributed by atoms with E-state index in [1.807, 2.05) is 30.3 Å². The molecule has 2 aromatic carbocycles. The van der Waals surface area contributed by atoms with Crippen molar-refractivity contribution in [2.45, 2.75) is 61.2 Å². The van der Waals surface area contributed by atoms with Crippen molar-refractivity contribution in [3.63, 3.8) is 0 Å². The number of rotatable bonds is 9. The second kappa shape index (κ2) is 12.4. The molecule has 0 heterocycles. The first-order valence-corrected chi connectivity index (χ1v) is 12.0. The Morgan fingerprint density at radius 3 is 2.42 bits per heavy atom. The van der Waals surface area contributed by atoms with Gasteiger partial charge in [0, 0.05) is 13.5 Å². The van der Waals surface area contributed by atoms with Gasteiger partial charge in [0.05, 0.1) is 16.2 Å². The van der Waals surface area contributed by atoms with Gasteiger partial charge in [0.25, 0.3) is 0 Å². The Labute approximate surface area is 183 Å². The van der Waals surface area contributed by atoms with Gasteiger partial charge >= 0.3 is 0 Å². The molecule has 0 spiro atoms. The van der Waals surface area contributed by atoms with Crippen LogP contribution in [0.1, 0.15) is 44.1 Å². The molecular weight excluding hydrogens is 418 g/mol. The topological polar surface area (TPSA) is 113 Å². The van der Waals surface area contributed by atoms with Gasteiger partial charge in [-0.2, -0.15) is 0 Å². The summed E-state index contributed by atoms with van der Waals surface area (Å²) < 4.78 is 32.5. The quantitative estimate of drug-likeness (QED) is 0.400. The van der Waals surface area contributed by atoms with Crippen molar-refractivity contribution in [1.29, 1.82) is 0 Å². The normalized spacial score (nSPS) is 14.9. The molecule has 31 heavy (non-hydrogen) atoms. The predicted molar refractivity (Wildman–Crippen MR) is 118 cm³/mol. The molecule has 0 aliphatic heterocycles. The Kier molecular flexibility index (Phi) is 9.97. The van der Waals surface area contributed by atoms with Crippen LogP contribution < -0.4 is 10.2 Å². The van der Waals surface area contributed by atoms with Gasteiger partial charge < -0.3 is 9.84 Å². The van der Waals surface area contributed by atoms with Crippen molar-refractivity contribution in [3.8, 4) is 5.75 Å². The van der Waals surface area contributed by atoms with Crippen molar-refractivity contribution >= 4 is 15.7 Å². The van der Waals surface area contributed by atoms with Crippen LogP contribution in [0, 0.1) is 0 Å². The molecular formula is C23H31NO6S. The first kappa shape index (κ1) is 24.8. The molecule has 0 aromatic heterocycles. The first-order chi connectivity index (χ1) is 15.0. The summed E-state index contributed by atoms with van der Waals surface area (Å²) in [4.78, 5) is 11.9. The van der Waals surface area contributed by atoms with E-state index in [1.165, 1.54) is 6.07 Å². The van der Waals surface area contributed by atoms with Crippen LogP contribution in [0.4, 0.5) is 0 Å². The Morgan fingerprint density at radius 2 is 1.77 bits per heavy atom. The Balaban J connectivity index is 0.00000166. The third-order valence-electron chi connectivity index (χ3n) is 5.31. The Bertz CT molecular complexity index is 911. The highest BCUT2D eigenvalue weighted by atomic mass is 32.2. The van der Waals surface area contributed by atoms with Gasteiger partial charge in [-0.05, 0) is 62.3 Å². The number of ether oxygens (including phenoxy) is 1. The molecule has 0 saturated heterocycles. The van der Waals surface area contributed by atoms with Crippen molar-refractivity contribution in [1.82, 2.24) is 5.48 Å². The zero-order valence-corrected chi connectivity index (χ0v) is 18.6. The van der Waals surface area contributed by atoms with Crippen LogP contribution in [-0.2, 0) is 21.1 Å². The van der Waals surface area contributed by atoms with Gasteiger partial charge in [0.15, 0.2) is 9.84 Å². The molecule has 3 N–H and O–H groups in total. The molecule has 170 valence electrons. The van der Waals surface area contributed by atoms with Gasteiger partial charge in [-0.15, -0.1) is 0 Å².